The summed E-state index contributed by atoms with van der Waals surface area (Å²) in [6.07, 6.45) is 2.59. The number of hydrogen-bond acceptors (Lipinski definition) is 3. The van der Waals surface area contributed by atoms with Gasteiger partial charge in [-0.05, 0) is 43.4 Å². The van der Waals surface area contributed by atoms with E-state index in [0.717, 1.165) is 12.8 Å². The number of carboxylic acid groups (broad SMARTS) is 1. The Balaban J connectivity index is 1.90. The Kier molecular flexibility index (Phi) is 5.07. The van der Waals surface area contributed by atoms with Crippen LogP contribution in [0.4, 0.5) is 5.69 Å². The Bertz CT molecular complexity index is 540. The van der Waals surface area contributed by atoms with Gasteiger partial charge in [-0.1, -0.05) is 11.6 Å². The molecule has 114 valence electrons. The lowest BCUT2D eigenvalue weighted by molar-refractivity contribution is -0.137. The summed E-state index contributed by atoms with van der Waals surface area (Å²) in [7, 11) is 0. The number of nitrogens with two attached hydrogens (primary N) is 1. The lowest BCUT2D eigenvalue weighted by Gasteiger charge is -2.32. The number of rotatable bonds is 4. The summed E-state index contributed by atoms with van der Waals surface area (Å²) >= 11 is 5.85. The molecule has 1 saturated heterocycles. The van der Waals surface area contributed by atoms with Gasteiger partial charge in [-0.15, -0.1) is 0 Å². The lowest BCUT2D eigenvalue weighted by Crippen LogP contribution is -2.38. The number of anilines is 1. The number of benzene rings is 1. The number of likely N-dealkylation sites (tertiary alicyclic amines) is 1. The second kappa shape index (κ2) is 6.80. The molecule has 0 radical (unpaired) electrons. The SMILES string of the molecule is Nc1cc(C(=O)N2CCC(CCC(=O)O)CC2)ccc1Cl. The van der Waals surface area contributed by atoms with Crippen molar-refractivity contribution in [3.8, 4) is 0 Å². The number of amides is 1. The molecule has 5 nitrogen and oxygen atoms in total. The Morgan fingerprint density at radius 2 is 2.00 bits per heavy atom. The van der Waals surface area contributed by atoms with Crippen LogP contribution in [-0.2, 0) is 4.79 Å². The minimum Gasteiger partial charge on any atom is -0.481 e. The zero-order valence-electron chi connectivity index (χ0n) is 11.7. The van der Waals surface area contributed by atoms with Crippen molar-refractivity contribution in [2.45, 2.75) is 25.7 Å². The lowest BCUT2D eigenvalue weighted by atomic mass is 9.92. The van der Waals surface area contributed by atoms with Crippen molar-refractivity contribution >= 4 is 29.2 Å². The highest BCUT2D eigenvalue weighted by Crippen LogP contribution is 2.25. The Morgan fingerprint density at radius 3 is 2.57 bits per heavy atom. The van der Waals surface area contributed by atoms with Gasteiger partial charge in [0.15, 0.2) is 0 Å². The van der Waals surface area contributed by atoms with Crippen molar-refractivity contribution in [2.24, 2.45) is 5.92 Å². The third-order valence-corrected chi connectivity index (χ3v) is 4.26. The average molecular weight is 311 g/mol. The van der Waals surface area contributed by atoms with Crippen LogP contribution in [0.2, 0.25) is 5.02 Å². The van der Waals surface area contributed by atoms with E-state index < -0.39 is 5.97 Å². The first kappa shape index (κ1) is 15.6. The van der Waals surface area contributed by atoms with E-state index in [1.54, 1.807) is 23.1 Å². The minimum atomic E-state index is -0.759. The third kappa shape index (κ3) is 4.11. The quantitative estimate of drug-likeness (QED) is 0.837. The van der Waals surface area contributed by atoms with Crippen molar-refractivity contribution in [1.29, 1.82) is 0 Å². The molecule has 6 heteroatoms. The molecule has 1 aromatic rings. The van der Waals surface area contributed by atoms with Crippen LogP contribution < -0.4 is 5.73 Å². The molecule has 0 unspecified atom stereocenters. The standard InChI is InChI=1S/C15H19ClN2O3/c16-12-3-2-11(9-13(12)17)15(21)18-7-5-10(6-8-18)1-4-14(19)20/h2-3,9-10H,1,4-8,17H2,(H,19,20). The molecule has 3 N–H and O–H groups in total. The van der Waals surface area contributed by atoms with Gasteiger partial charge in [-0.2, -0.15) is 0 Å². The number of carbonyl (C=O) groups excluding carboxylic acids is 1. The van der Waals surface area contributed by atoms with E-state index in [4.69, 9.17) is 22.4 Å². The van der Waals surface area contributed by atoms with Gasteiger partial charge in [-0.3, -0.25) is 9.59 Å². The predicted octanol–water partition coefficient (Wildman–Crippen LogP) is 2.64. The van der Waals surface area contributed by atoms with Crippen LogP contribution in [0.15, 0.2) is 18.2 Å². The summed E-state index contributed by atoms with van der Waals surface area (Å²) in [5, 5.41) is 9.14. The van der Waals surface area contributed by atoms with Crippen LogP contribution in [0, 0.1) is 5.92 Å². The van der Waals surface area contributed by atoms with Gasteiger partial charge in [-0.25, -0.2) is 0 Å². The Morgan fingerprint density at radius 1 is 1.33 bits per heavy atom. The molecule has 1 fully saturated rings. The fourth-order valence-electron chi connectivity index (χ4n) is 2.61. The molecule has 21 heavy (non-hydrogen) atoms. The number of hydrogen-bond donors (Lipinski definition) is 2. The van der Waals surface area contributed by atoms with Gasteiger partial charge in [0.05, 0.1) is 10.7 Å². The van der Waals surface area contributed by atoms with Crippen LogP contribution in [0.3, 0.4) is 0 Å². The van der Waals surface area contributed by atoms with E-state index in [9.17, 15) is 9.59 Å². The maximum Gasteiger partial charge on any atom is 0.303 e. The summed E-state index contributed by atoms with van der Waals surface area (Å²) < 4.78 is 0. The van der Waals surface area contributed by atoms with Crippen LogP contribution in [0.25, 0.3) is 0 Å². The molecular weight excluding hydrogens is 292 g/mol. The Labute approximate surface area is 128 Å². The van der Waals surface area contributed by atoms with E-state index in [-0.39, 0.29) is 12.3 Å². The number of piperidine rings is 1. The van der Waals surface area contributed by atoms with Crippen molar-refractivity contribution in [3.63, 3.8) is 0 Å². The van der Waals surface area contributed by atoms with E-state index >= 15 is 0 Å². The fraction of sp³-hybridized carbons (Fsp3) is 0.467. The fourth-order valence-corrected chi connectivity index (χ4v) is 2.73. The molecule has 1 amide bonds. The van der Waals surface area contributed by atoms with Crippen molar-refractivity contribution < 1.29 is 14.7 Å². The molecule has 0 spiro atoms. The van der Waals surface area contributed by atoms with Crippen LogP contribution in [0.5, 0.6) is 0 Å². The molecule has 1 aromatic carbocycles. The summed E-state index contributed by atoms with van der Waals surface area (Å²) in [5.74, 6) is -0.416. The van der Waals surface area contributed by atoms with Gasteiger partial charge in [0, 0.05) is 25.1 Å². The highest BCUT2D eigenvalue weighted by molar-refractivity contribution is 6.33. The number of aliphatic carboxylic acids is 1. The first-order chi connectivity index (χ1) is 9.97. The van der Waals surface area contributed by atoms with Crippen molar-refractivity contribution in [2.75, 3.05) is 18.8 Å². The third-order valence-electron chi connectivity index (χ3n) is 3.91. The first-order valence-electron chi connectivity index (χ1n) is 7.03. The largest absolute Gasteiger partial charge is 0.481 e. The number of halogens is 1. The van der Waals surface area contributed by atoms with E-state index in [2.05, 4.69) is 0 Å². The number of nitrogens with zero attached hydrogens (tertiary/aromatic N) is 1. The molecule has 0 saturated carbocycles. The molecule has 0 aromatic heterocycles. The molecule has 0 atom stereocenters. The molecule has 1 heterocycles. The highest BCUT2D eigenvalue weighted by Gasteiger charge is 2.24. The summed E-state index contributed by atoms with van der Waals surface area (Å²) in [4.78, 5) is 24.7. The van der Waals surface area contributed by atoms with Gasteiger partial charge in [0.2, 0.25) is 0 Å². The average Bonchev–Trinajstić information content (AvgIpc) is 2.48. The zero-order valence-corrected chi connectivity index (χ0v) is 12.5. The van der Waals surface area contributed by atoms with Gasteiger partial charge >= 0.3 is 5.97 Å². The smallest absolute Gasteiger partial charge is 0.303 e. The maximum absolute atomic E-state index is 12.4. The zero-order chi connectivity index (χ0) is 15.4. The maximum atomic E-state index is 12.4. The number of carboxylic acids is 1. The second-order valence-electron chi connectivity index (χ2n) is 5.40. The van der Waals surface area contributed by atoms with Crippen LogP contribution in [-0.4, -0.2) is 35.0 Å². The predicted molar refractivity (Wildman–Crippen MR) is 81.4 cm³/mol. The van der Waals surface area contributed by atoms with E-state index in [0.29, 0.717) is 41.7 Å². The molecule has 2 rings (SSSR count). The molecule has 0 aliphatic carbocycles. The molecular formula is C15H19ClN2O3. The second-order valence-corrected chi connectivity index (χ2v) is 5.81. The van der Waals surface area contributed by atoms with Crippen molar-refractivity contribution in [1.82, 2.24) is 4.90 Å². The molecule has 1 aliphatic heterocycles. The summed E-state index contributed by atoms with van der Waals surface area (Å²) in [6.45, 7) is 1.32. The van der Waals surface area contributed by atoms with Gasteiger partial charge in [0.1, 0.15) is 0 Å². The minimum absolute atomic E-state index is 0.0462. The van der Waals surface area contributed by atoms with Gasteiger partial charge < -0.3 is 15.7 Å². The topological polar surface area (TPSA) is 83.6 Å². The summed E-state index contributed by atoms with van der Waals surface area (Å²) in [6, 6.07) is 4.91. The number of nitrogen functional groups attached to an aromatic ring is 1. The molecule has 0 bridgehead atoms. The molecule has 1 aliphatic rings. The Hall–Kier alpha value is -1.75. The van der Waals surface area contributed by atoms with E-state index in [1.807, 2.05) is 0 Å². The number of carbonyl (C=O) groups is 2. The first-order valence-corrected chi connectivity index (χ1v) is 7.41. The van der Waals surface area contributed by atoms with Gasteiger partial charge in [0.25, 0.3) is 5.91 Å². The van der Waals surface area contributed by atoms with Crippen molar-refractivity contribution in [3.05, 3.63) is 28.8 Å². The monoisotopic (exact) mass is 310 g/mol. The van der Waals surface area contributed by atoms with E-state index in [1.165, 1.54) is 0 Å². The van der Waals surface area contributed by atoms with Crippen LogP contribution >= 0.6 is 11.6 Å². The normalized spacial score (nSPS) is 16.0. The highest BCUT2D eigenvalue weighted by atomic mass is 35.5. The summed E-state index contributed by atoms with van der Waals surface area (Å²) in [5.41, 5.74) is 6.66. The van der Waals surface area contributed by atoms with Crippen LogP contribution in [0.1, 0.15) is 36.0 Å².